The van der Waals surface area contributed by atoms with Crippen molar-refractivity contribution in [3.05, 3.63) is 76.9 Å². The number of carbonyl (C=O) groups is 2. The van der Waals surface area contributed by atoms with E-state index in [1.807, 2.05) is 36.4 Å². The predicted molar refractivity (Wildman–Crippen MR) is 113 cm³/mol. The first kappa shape index (κ1) is 18.8. The monoisotopic (exact) mass is 405 g/mol. The van der Waals surface area contributed by atoms with Crippen molar-refractivity contribution < 1.29 is 9.59 Å². The molecule has 0 aliphatic heterocycles. The first-order valence-corrected chi connectivity index (χ1v) is 9.88. The van der Waals surface area contributed by atoms with Crippen LogP contribution in [-0.4, -0.2) is 45.6 Å². The summed E-state index contributed by atoms with van der Waals surface area (Å²) in [6, 6.07) is 15.0. The van der Waals surface area contributed by atoms with Gasteiger partial charge in [0.05, 0.1) is 12.1 Å². The normalized spacial score (nSPS) is 10.8. The number of hydrogen-bond acceptors (Lipinski definition) is 5. The Morgan fingerprint density at radius 2 is 1.86 bits per heavy atom. The van der Waals surface area contributed by atoms with Gasteiger partial charge in [-0.05, 0) is 23.8 Å². The maximum absolute atomic E-state index is 12.7. The largest absolute Gasteiger partial charge is 0.345 e. The molecule has 29 heavy (non-hydrogen) atoms. The first-order valence-electron chi connectivity index (χ1n) is 9.00. The van der Waals surface area contributed by atoms with Gasteiger partial charge in [0.25, 0.3) is 11.8 Å². The Balaban J connectivity index is 1.63. The summed E-state index contributed by atoms with van der Waals surface area (Å²) < 4.78 is 1.80. The van der Waals surface area contributed by atoms with Crippen molar-refractivity contribution in [1.29, 1.82) is 0 Å². The van der Waals surface area contributed by atoms with Crippen LogP contribution in [0.5, 0.6) is 0 Å². The molecule has 8 heteroatoms. The molecule has 0 spiro atoms. The highest BCUT2D eigenvalue weighted by Gasteiger charge is 2.18. The van der Waals surface area contributed by atoms with E-state index in [0.717, 1.165) is 16.5 Å². The molecule has 0 saturated heterocycles. The van der Waals surface area contributed by atoms with Gasteiger partial charge < -0.3 is 4.90 Å². The van der Waals surface area contributed by atoms with Gasteiger partial charge in [-0.2, -0.15) is 5.10 Å². The van der Waals surface area contributed by atoms with Gasteiger partial charge in [-0.3, -0.25) is 19.6 Å². The molecule has 2 aromatic carbocycles. The first-order chi connectivity index (χ1) is 14.0. The molecule has 4 aromatic rings. The summed E-state index contributed by atoms with van der Waals surface area (Å²) in [5.74, 6) is -0.330. The maximum Gasteiger partial charge on any atom is 0.278 e. The molecule has 0 saturated carbocycles. The average molecular weight is 405 g/mol. The highest BCUT2D eigenvalue weighted by Crippen LogP contribution is 2.21. The summed E-state index contributed by atoms with van der Waals surface area (Å²) in [6.07, 6.45) is 1.64. The number of hydrogen-bond donors (Lipinski definition) is 1. The summed E-state index contributed by atoms with van der Waals surface area (Å²) in [4.78, 5) is 30.4. The van der Waals surface area contributed by atoms with Gasteiger partial charge in [0.15, 0.2) is 10.8 Å². The highest BCUT2D eigenvalue weighted by molar-refractivity contribution is 7.13. The Hall–Kier alpha value is -3.52. The van der Waals surface area contributed by atoms with E-state index in [1.54, 1.807) is 47.4 Å². The summed E-state index contributed by atoms with van der Waals surface area (Å²) in [6.45, 7) is 0.488. The minimum Gasteiger partial charge on any atom is -0.345 e. The molecule has 2 heterocycles. The van der Waals surface area contributed by atoms with Crippen LogP contribution in [0.1, 0.15) is 26.4 Å². The molecule has 7 nitrogen and oxygen atoms in total. The van der Waals surface area contributed by atoms with Crippen LogP contribution < -0.4 is 5.32 Å². The smallest absolute Gasteiger partial charge is 0.278 e. The number of carbonyl (C=O) groups excluding carboxylic acids is 2. The van der Waals surface area contributed by atoms with Gasteiger partial charge in [-0.25, -0.2) is 4.98 Å². The number of amides is 2. The molecular formula is C21H19N5O2S. The molecule has 0 fully saturated rings. The summed E-state index contributed by atoms with van der Waals surface area (Å²) in [7, 11) is 3.45. The van der Waals surface area contributed by atoms with E-state index in [-0.39, 0.29) is 11.8 Å². The van der Waals surface area contributed by atoms with Crippen LogP contribution in [0, 0.1) is 0 Å². The molecule has 2 aromatic heterocycles. The molecule has 1 N–H and O–H groups in total. The van der Waals surface area contributed by atoms with Crippen LogP contribution in [0.3, 0.4) is 0 Å². The van der Waals surface area contributed by atoms with Gasteiger partial charge in [0, 0.05) is 36.6 Å². The molecule has 146 valence electrons. The van der Waals surface area contributed by atoms with Gasteiger partial charge >= 0.3 is 0 Å². The molecule has 0 atom stereocenters. The highest BCUT2D eigenvalue weighted by atomic mass is 32.1. The predicted octanol–water partition coefficient (Wildman–Crippen LogP) is 3.50. The van der Waals surface area contributed by atoms with Crippen LogP contribution in [0.25, 0.3) is 10.9 Å². The summed E-state index contributed by atoms with van der Waals surface area (Å²) >= 11 is 1.36. The lowest BCUT2D eigenvalue weighted by Crippen LogP contribution is -2.21. The zero-order valence-corrected chi connectivity index (χ0v) is 16.8. The fraction of sp³-hybridized carbons (Fsp3) is 0.143. The zero-order chi connectivity index (χ0) is 20.4. The van der Waals surface area contributed by atoms with Gasteiger partial charge in [-0.1, -0.05) is 30.3 Å². The molecule has 2 amide bonds. The number of para-hydroxylation sites is 1. The van der Waals surface area contributed by atoms with E-state index < -0.39 is 0 Å². The second-order valence-corrected chi connectivity index (χ2v) is 7.61. The second kappa shape index (κ2) is 7.84. The van der Waals surface area contributed by atoms with E-state index in [9.17, 15) is 9.59 Å². The third-order valence-electron chi connectivity index (χ3n) is 4.47. The number of anilines is 1. The van der Waals surface area contributed by atoms with Crippen LogP contribution in [0.4, 0.5) is 5.13 Å². The number of rotatable bonds is 5. The molecule has 0 bridgehead atoms. The fourth-order valence-corrected chi connectivity index (χ4v) is 3.56. The Morgan fingerprint density at radius 3 is 2.55 bits per heavy atom. The van der Waals surface area contributed by atoms with E-state index in [4.69, 9.17) is 0 Å². The Morgan fingerprint density at radius 1 is 1.10 bits per heavy atom. The third kappa shape index (κ3) is 3.88. The standard InChI is InChI=1S/C21H19N5O2S/c1-25(2)20(28)15-9-7-14(8-10-15)13-26-17-6-4-3-5-16(17)18(24-26)19(27)23-21-22-11-12-29-21/h3-12H,13H2,1-2H3,(H,22,23,27). The minimum atomic E-state index is -0.290. The Kier molecular flexibility index (Phi) is 5.09. The molecule has 0 radical (unpaired) electrons. The lowest BCUT2D eigenvalue weighted by atomic mass is 10.1. The molecule has 0 unspecified atom stereocenters. The number of aromatic nitrogens is 3. The van der Waals surface area contributed by atoms with Gasteiger partial charge in [0.1, 0.15) is 0 Å². The maximum atomic E-state index is 12.7. The number of fused-ring (bicyclic) bond motifs is 1. The number of nitrogens with zero attached hydrogens (tertiary/aromatic N) is 4. The molecular weight excluding hydrogens is 386 g/mol. The van der Waals surface area contributed by atoms with Gasteiger partial charge in [-0.15, -0.1) is 11.3 Å². The van der Waals surface area contributed by atoms with Crippen molar-refractivity contribution in [3.63, 3.8) is 0 Å². The van der Waals surface area contributed by atoms with Crippen LogP contribution in [0.15, 0.2) is 60.1 Å². The summed E-state index contributed by atoms with van der Waals surface area (Å²) in [5, 5.41) is 10.5. The SMILES string of the molecule is CN(C)C(=O)c1ccc(Cn2nc(C(=O)Nc3nccs3)c3ccccc32)cc1. The van der Waals surface area contributed by atoms with Crippen LogP contribution >= 0.6 is 11.3 Å². The van der Waals surface area contributed by atoms with Crippen molar-refractivity contribution >= 4 is 39.2 Å². The van der Waals surface area contributed by atoms with E-state index in [2.05, 4.69) is 15.4 Å². The van der Waals surface area contributed by atoms with Crippen LogP contribution in [-0.2, 0) is 6.54 Å². The lowest BCUT2D eigenvalue weighted by Gasteiger charge is -2.10. The molecule has 0 aliphatic rings. The third-order valence-corrected chi connectivity index (χ3v) is 5.15. The lowest BCUT2D eigenvalue weighted by molar-refractivity contribution is 0.0827. The summed E-state index contributed by atoms with van der Waals surface area (Å²) in [5.41, 5.74) is 2.84. The molecule has 0 aliphatic carbocycles. The van der Waals surface area contributed by atoms with Crippen molar-refractivity contribution in [2.45, 2.75) is 6.54 Å². The fourth-order valence-electron chi connectivity index (χ4n) is 3.04. The average Bonchev–Trinajstić information content (AvgIpc) is 3.36. The van der Waals surface area contributed by atoms with E-state index in [1.165, 1.54) is 11.3 Å². The quantitative estimate of drug-likeness (QED) is 0.551. The number of benzene rings is 2. The van der Waals surface area contributed by atoms with Gasteiger partial charge in [0.2, 0.25) is 0 Å². The number of nitrogens with one attached hydrogen (secondary N) is 1. The van der Waals surface area contributed by atoms with Crippen LogP contribution in [0.2, 0.25) is 0 Å². The van der Waals surface area contributed by atoms with Crippen molar-refractivity contribution in [3.8, 4) is 0 Å². The van der Waals surface area contributed by atoms with Crippen molar-refractivity contribution in [2.24, 2.45) is 0 Å². The number of thiazole rings is 1. The topological polar surface area (TPSA) is 80.1 Å². The Bertz CT molecular complexity index is 1160. The van der Waals surface area contributed by atoms with Crippen molar-refractivity contribution in [2.75, 3.05) is 19.4 Å². The minimum absolute atomic E-state index is 0.0396. The Labute approximate surface area is 171 Å². The molecule has 4 rings (SSSR count). The van der Waals surface area contributed by atoms with E-state index in [0.29, 0.717) is 22.9 Å². The second-order valence-electron chi connectivity index (χ2n) is 6.71. The zero-order valence-electron chi connectivity index (χ0n) is 16.0. The van der Waals surface area contributed by atoms with E-state index >= 15 is 0 Å². The van der Waals surface area contributed by atoms with Crippen molar-refractivity contribution in [1.82, 2.24) is 19.7 Å².